The van der Waals surface area contributed by atoms with Crippen LogP contribution in [0.25, 0.3) is 0 Å². The number of benzene rings is 1. The fourth-order valence-electron chi connectivity index (χ4n) is 1.82. The lowest BCUT2D eigenvalue weighted by Crippen LogP contribution is -2.22. The van der Waals surface area contributed by atoms with E-state index in [1.807, 2.05) is 0 Å². The highest BCUT2D eigenvalue weighted by atomic mass is 35.5. The third kappa shape index (κ3) is 5.68. The first-order valence-corrected chi connectivity index (χ1v) is 11.3. The molecule has 0 radical (unpaired) electrons. The second-order valence-corrected chi connectivity index (χ2v) is 10.1. The van der Waals surface area contributed by atoms with E-state index in [0.717, 1.165) is 17.6 Å². The first-order chi connectivity index (χ1) is 11.5. The van der Waals surface area contributed by atoms with Crippen molar-refractivity contribution in [2.24, 2.45) is 5.14 Å². The minimum absolute atomic E-state index is 0.00267. The van der Waals surface area contributed by atoms with Crippen LogP contribution >= 0.6 is 22.9 Å². The summed E-state index contributed by atoms with van der Waals surface area (Å²) < 4.78 is 47.3. The number of nitrogens with two attached hydrogens (primary N) is 1. The number of carbonyl (C=O) groups excluding carboxylic acids is 1. The first kappa shape index (κ1) is 19.7. The molecule has 0 aliphatic rings. The number of thiophene rings is 1. The summed E-state index contributed by atoms with van der Waals surface area (Å²) in [6.07, 6.45) is 0.968. The quantitative estimate of drug-likeness (QED) is 0.644. The van der Waals surface area contributed by atoms with E-state index in [1.54, 1.807) is 6.07 Å². The van der Waals surface area contributed by atoms with Crippen molar-refractivity contribution in [1.82, 2.24) is 5.32 Å². The van der Waals surface area contributed by atoms with Gasteiger partial charge in [0.15, 0.2) is 0 Å². The van der Waals surface area contributed by atoms with Gasteiger partial charge in [-0.05, 0) is 30.3 Å². The second-order valence-electron chi connectivity index (χ2n) is 5.02. The Hall–Kier alpha value is -1.66. The summed E-state index contributed by atoms with van der Waals surface area (Å²) in [6.45, 7) is 0.0937. The molecule has 1 amide bonds. The van der Waals surface area contributed by atoms with Crippen LogP contribution in [0, 0.1) is 0 Å². The maximum absolute atomic E-state index is 12.2. The highest BCUT2D eigenvalue weighted by Crippen LogP contribution is 2.24. The summed E-state index contributed by atoms with van der Waals surface area (Å²) in [5, 5.41) is 7.78. The lowest BCUT2D eigenvalue weighted by Gasteiger charge is -2.09. The average Bonchev–Trinajstić information content (AvgIpc) is 2.94. The van der Waals surface area contributed by atoms with Crippen molar-refractivity contribution in [1.29, 1.82) is 0 Å². The normalized spacial score (nSPS) is 12.0. The van der Waals surface area contributed by atoms with Crippen LogP contribution in [0.1, 0.15) is 15.2 Å². The Kier molecular flexibility index (Phi) is 5.74. The summed E-state index contributed by atoms with van der Waals surface area (Å²) in [5.41, 5.74) is 0.281. The molecule has 0 bridgehead atoms. The van der Waals surface area contributed by atoms with Crippen LogP contribution in [0.2, 0.25) is 5.02 Å². The van der Waals surface area contributed by atoms with Gasteiger partial charge < -0.3 is 5.32 Å². The number of rotatable bonds is 6. The van der Waals surface area contributed by atoms with Gasteiger partial charge >= 0.3 is 0 Å². The van der Waals surface area contributed by atoms with Crippen LogP contribution in [0.4, 0.5) is 5.69 Å². The van der Waals surface area contributed by atoms with Gasteiger partial charge in [0.1, 0.15) is 4.21 Å². The Labute approximate surface area is 154 Å². The third-order valence-corrected chi connectivity index (χ3v) is 6.31. The molecule has 12 heteroatoms. The predicted molar refractivity (Wildman–Crippen MR) is 96.8 cm³/mol. The van der Waals surface area contributed by atoms with Crippen molar-refractivity contribution in [3.8, 4) is 0 Å². The minimum Gasteiger partial charge on any atom is -0.347 e. The summed E-state index contributed by atoms with van der Waals surface area (Å²) in [6, 6.07) is 7.05. The van der Waals surface area contributed by atoms with Gasteiger partial charge in [0.25, 0.3) is 5.91 Å². The molecule has 0 atom stereocenters. The van der Waals surface area contributed by atoms with Gasteiger partial charge in [-0.1, -0.05) is 11.6 Å². The maximum atomic E-state index is 12.2. The second kappa shape index (κ2) is 7.30. The van der Waals surface area contributed by atoms with Gasteiger partial charge in [-0.2, -0.15) is 0 Å². The van der Waals surface area contributed by atoms with Gasteiger partial charge in [-0.25, -0.2) is 22.0 Å². The number of anilines is 1. The van der Waals surface area contributed by atoms with E-state index >= 15 is 0 Å². The standard InChI is InChI=1S/C13H14ClN3O5S3/c1-24(19,20)17-11-6-8(2-4-10(11)14)13(18)16-7-9-3-5-12(23-9)25(15,21)22/h2-6,17H,7H2,1H3,(H,16,18)(H2,15,21,22). The highest BCUT2D eigenvalue weighted by Gasteiger charge is 2.14. The van der Waals surface area contributed by atoms with Crippen molar-refractivity contribution < 1.29 is 21.6 Å². The molecule has 0 saturated carbocycles. The zero-order chi connectivity index (χ0) is 18.8. The minimum atomic E-state index is -3.77. The Morgan fingerprint density at radius 1 is 1.20 bits per heavy atom. The number of nitrogens with one attached hydrogen (secondary N) is 2. The molecule has 2 rings (SSSR count). The number of hydrogen-bond acceptors (Lipinski definition) is 6. The van der Waals surface area contributed by atoms with Gasteiger partial charge in [-0.15, -0.1) is 11.3 Å². The van der Waals surface area contributed by atoms with Gasteiger partial charge in [-0.3, -0.25) is 9.52 Å². The SMILES string of the molecule is CS(=O)(=O)Nc1cc(C(=O)NCc2ccc(S(N)(=O)=O)s2)ccc1Cl. The predicted octanol–water partition coefficient (Wildman–Crippen LogP) is 1.35. The van der Waals surface area contributed by atoms with E-state index in [1.165, 1.54) is 24.3 Å². The molecule has 0 saturated heterocycles. The molecule has 8 nitrogen and oxygen atoms in total. The monoisotopic (exact) mass is 423 g/mol. The summed E-state index contributed by atoms with van der Waals surface area (Å²) >= 11 is 6.85. The van der Waals surface area contributed by atoms with E-state index in [9.17, 15) is 21.6 Å². The molecule has 1 heterocycles. The fourth-order valence-corrected chi connectivity index (χ4v) is 4.33. The van der Waals surface area contributed by atoms with Gasteiger partial charge in [0.05, 0.1) is 23.5 Å². The molecule has 25 heavy (non-hydrogen) atoms. The van der Waals surface area contributed by atoms with Crippen LogP contribution in [-0.2, 0) is 26.6 Å². The Morgan fingerprint density at radius 2 is 1.88 bits per heavy atom. The van der Waals surface area contributed by atoms with E-state index in [4.69, 9.17) is 16.7 Å². The molecule has 2 aromatic rings. The van der Waals surface area contributed by atoms with Crippen molar-refractivity contribution >= 4 is 54.6 Å². The maximum Gasteiger partial charge on any atom is 0.251 e. The first-order valence-electron chi connectivity index (χ1n) is 6.63. The Balaban J connectivity index is 2.11. The summed E-state index contributed by atoms with van der Waals surface area (Å²) in [4.78, 5) is 12.8. The van der Waals surface area contributed by atoms with E-state index < -0.39 is 26.0 Å². The number of primary sulfonamides is 1. The van der Waals surface area contributed by atoms with Crippen molar-refractivity contribution in [3.63, 3.8) is 0 Å². The van der Waals surface area contributed by atoms with Crippen molar-refractivity contribution in [3.05, 3.63) is 45.8 Å². The molecule has 0 aliphatic heterocycles. The Morgan fingerprint density at radius 3 is 2.44 bits per heavy atom. The molecule has 0 spiro atoms. The van der Waals surface area contributed by atoms with Gasteiger partial charge in [0, 0.05) is 10.4 Å². The van der Waals surface area contributed by atoms with Crippen LogP contribution in [0.3, 0.4) is 0 Å². The van der Waals surface area contributed by atoms with E-state index in [0.29, 0.717) is 4.88 Å². The van der Waals surface area contributed by atoms with E-state index in [2.05, 4.69) is 10.0 Å². The molecule has 4 N–H and O–H groups in total. The molecule has 0 unspecified atom stereocenters. The number of halogens is 1. The Bertz CT molecular complexity index is 1020. The van der Waals surface area contributed by atoms with Gasteiger partial charge in [0.2, 0.25) is 20.0 Å². The zero-order valence-electron chi connectivity index (χ0n) is 12.8. The van der Waals surface area contributed by atoms with Crippen LogP contribution < -0.4 is 15.2 Å². The third-order valence-electron chi connectivity index (χ3n) is 2.86. The van der Waals surface area contributed by atoms with Crippen molar-refractivity contribution in [2.45, 2.75) is 10.8 Å². The molecular formula is C13H14ClN3O5S3. The molecule has 0 fully saturated rings. The molecule has 136 valence electrons. The lowest BCUT2D eigenvalue weighted by molar-refractivity contribution is 0.0951. The van der Waals surface area contributed by atoms with Crippen LogP contribution in [0.15, 0.2) is 34.5 Å². The molecule has 0 aliphatic carbocycles. The lowest BCUT2D eigenvalue weighted by atomic mass is 10.2. The smallest absolute Gasteiger partial charge is 0.251 e. The zero-order valence-corrected chi connectivity index (χ0v) is 16.0. The number of carbonyl (C=O) groups is 1. The van der Waals surface area contributed by atoms with Crippen molar-refractivity contribution in [2.75, 3.05) is 11.0 Å². The topological polar surface area (TPSA) is 135 Å². The molecule has 1 aromatic carbocycles. The van der Waals surface area contributed by atoms with Crippen LogP contribution in [0.5, 0.6) is 0 Å². The highest BCUT2D eigenvalue weighted by molar-refractivity contribution is 7.92. The molecule has 1 aromatic heterocycles. The fraction of sp³-hybridized carbons (Fsp3) is 0.154. The largest absolute Gasteiger partial charge is 0.347 e. The summed E-state index contributed by atoms with van der Waals surface area (Å²) in [7, 11) is -7.32. The average molecular weight is 424 g/mol. The summed E-state index contributed by atoms with van der Waals surface area (Å²) in [5.74, 6) is -0.473. The van der Waals surface area contributed by atoms with E-state index in [-0.39, 0.29) is 27.0 Å². The number of sulfonamides is 2. The van der Waals surface area contributed by atoms with Crippen LogP contribution in [-0.4, -0.2) is 29.0 Å². The number of hydrogen-bond donors (Lipinski definition) is 3. The number of amides is 1. The molecular weight excluding hydrogens is 410 g/mol.